The van der Waals surface area contributed by atoms with Gasteiger partial charge in [0.05, 0.1) is 32.8 Å². The maximum absolute atomic E-state index is 12.6. The number of rotatable bonds is 7. The lowest BCUT2D eigenvalue weighted by Gasteiger charge is -2.31. The molecule has 0 spiro atoms. The van der Waals surface area contributed by atoms with Gasteiger partial charge in [-0.2, -0.15) is 0 Å². The van der Waals surface area contributed by atoms with Crippen LogP contribution in [0.5, 0.6) is 11.5 Å². The molecular weight excluding hydrogens is 376 g/mol. The van der Waals surface area contributed by atoms with Crippen molar-refractivity contribution in [3.63, 3.8) is 0 Å². The summed E-state index contributed by atoms with van der Waals surface area (Å²) in [5, 5.41) is 0. The fourth-order valence-electron chi connectivity index (χ4n) is 3.96. The van der Waals surface area contributed by atoms with Gasteiger partial charge in [0, 0.05) is 18.1 Å². The van der Waals surface area contributed by atoms with Crippen molar-refractivity contribution < 1.29 is 19.2 Å². The van der Waals surface area contributed by atoms with E-state index < -0.39 is 0 Å². The Bertz CT molecular complexity index is 912. The molecule has 5 heteroatoms. The van der Waals surface area contributed by atoms with Gasteiger partial charge in [-0.25, -0.2) is 0 Å². The van der Waals surface area contributed by atoms with Gasteiger partial charge in [0.15, 0.2) is 0 Å². The Hall–Kier alpha value is -3.05. The summed E-state index contributed by atoms with van der Waals surface area (Å²) in [6.45, 7) is 9.47. The Morgan fingerprint density at radius 2 is 1.97 bits per heavy atom. The van der Waals surface area contributed by atoms with E-state index in [1.165, 1.54) is 16.0 Å². The molecule has 2 aliphatic heterocycles. The fraction of sp³-hybridized carbons (Fsp3) is 0.320. The first kappa shape index (κ1) is 20.2. The second-order valence-corrected chi connectivity index (χ2v) is 7.79. The lowest BCUT2D eigenvalue weighted by Crippen LogP contribution is -3.13. The minimum atomic E-state index is 0.0794. The summed E-state index contributed by atoms with van der Waals surface area (Å²) in [6.07, 6.45) is 6.27. The summed E-state index contributed by atoms with van der Waals surface area (Å²) in [5.41, 5.74) is 3.67. The molecule has 0 unspecified atom stereocenters. The number of benzene rings is 2. The van der Waals surface area contributed by atoms with E-state index >= 15 is 0 Å². The number of carbonyl (C=O) groups excluding carboxylic acids is 1. The van der Waals surface area contributed by atoms with Crippen LogP contribution in [-0.4, -0.2) is 50.2 Å². The van der Waals surface area contributed by atoms with Crippen molar-refractivity contribution in [2.24, 2.45) is 0 Å². The van der Waals surface area contributed by atoms with Crippen LogP contribution in [0.1, 0.15) is 16.7 Å². The number of amides is 1. The van der Waals surface area contributed by atoms with Crippen molar-refractivity contribution in [2.75, 3.05) is 39.4 Å². The number of carbonyl (C=O) groups is 1. The highest BCUT2D eigenvalue weighted by atomic mass is 16.5. The minimum Gasteiger partial charge on any atom is -0.493 e. The molecule has 2 aromatic carbocycles. The molecule has 30 heavy (non-hydrogen) atoms. The lowest BCUT2D eigenvalue weighted by molar-refractivity contribution is -0.917. The second-order valence-electron chi connectivity index (χ2n) is 7.79. The first-order valence-electron chi connectivity index (χ1n) is 10.6. The van der Waals surface area contributed by atoms with Crippen LogP contribution in [0.15, 0.2) is 61.2 Å². The third-order valence-corrected chi connectivity index (χ3v) is 5.66. The molecule has 4 rings (SSSR count). The molecule has 0 aromatic heterocycles. The van der Waals surface area contributed by atoms with E-state index in [0.717, 1.165) is 62.8 Å². The molecule has 0 atom stereocenters. The maximum atomic E-state index is 12.6. The zero-order chi connectivity index (χ0) is 20.8. The molecule has 156 valence electrons. The van der Waals surface area contributed by atoms with Crippen LogP contribution in [0.2, 0.25) is 0 Å². The van der Waals surface area contributed by atoms with E-state index in [2.05, 4.69) is 24.8 Å². The predicted octanol–water partition coefficient (Wildman–Crippen LogP) is 2.13. The largest absolute Gasteiger partial charge is 0.493 e. The standard InChI is InChI=1S/C25H28N2O3/c1-2-16-29-23-7-3-20(4-8-23)6-10-25(28)27-14-12-26(13-15-27)19-21-5-9-24-22(18-21)11-17-30-24/h2-10,18H,1,11-17,19H2/p+1/b10-6+. The van der Waals surface area contributed by atoms with Crippen molar-refractivity contribution >= 4 is 12.0 Å². The van der Waals surface area contributed by atoms with Gasteiger partial charge in [0.2, 0.25) is 5.91 Å². The van der Waals surface area contributed by atoms with Crippen molar-refractivity contribution in [2.45, 2.75) is 13.0 Å². The van der Waals surface area contributed by atoms with Crippen LogP contribution in [-0.2, 0) is 17.8 Å². The number of fused-ring (bicyclic) bond motifs is 1. The number of hydrogen-bond acceptors (Lipinski definition) is 3. The van der Waals surface area contributed by atoms with Crippen LogP contribution in [0.25, 0.3) is 6.08 Å². The van der Waals surface area contributed by atoms with Crippen molar-refractivity contribution in [3.8, 4) is 11.5 Å². The molecular formula is C25H29N2O3+. The van der Waals surface area contributed by atoms with E-state index in [9.17, 15) is 4.79 Å². The summed E-state index contributed by atoms with van der Waals surface area (Å²) in [5.74, 6) is 1.92. The first-order chi connectivity index (χ1) is 14.7. The van der Waals surface area contributed by atoms with Gasteiger partial charge in [-0.15, -0.1) is 0 Å². The number of nitrogens with zero attached hydrogens (tertiary/aromatic N) is 1. The molecule has 2 aromatic rings. The Morgan fingerprint density at radius 1 is 1.17 bits per heavy atom. The summed E-state index contributed by atoms with van der Waals surface area (Å²) >= 11 is 0. The highest BCUT2D eigenvalue weighted by Gasteiger charge is 2.23. The van der Waals surface area contributed by atoms with Crippen LogP contribution >= 0.6 is 0 Å². The van der Waals surface area contributed by atoms with E-state index in [-0.39, 0.29) is 5.91 Å². The van der Waals surface area contributed by atoms with E-state index in [1.54, 1.807) is 12.2 Å². The Morgan fingerprint density at radius 3 is 2.73 bits per heavy atom. The molecule has 1 amide bonds. The quantitative estimate of drug-likeness (QED) is 0.567. The fourth-order valence-corrected chi connectivity index (χ4v) is 3.96. The highest BCUT2D eigenvalue weighted by Crippen LogP contribution is 2.25. The third kappa shape index (κ3) is 5.10. The Balaban J connectivity index is 1.25. The number of quaternary nitrogens is 1. The monoisotopic (exact) mass is 405 g/mol. The predicted molar refractivity (Wildman–Crippen MR) is 118 cm³/mol. The summed E-state index contributed by atoms with van der Waals surface area (Å²) in [4.78, 5) is 16.0. The summed E-state index contributed by atoms with van der Waals surface area (Å²) < 4.78 is 11.1. The zero-order valence-electron chi connectivity index (χ0n) is 17.3. The number of piperazine rings is 1. The maximum Gasteiger partial charge on any atom is 0.246 e. The molecule has 1 N–H and O–H groups in total. The van der Waals surface area contributed by atoms with Crippen LogP contribution in [0, 0.1) is 0 Å². The van der Waals surface area contributed by atoms with Gasteiger partial charge in [0.1, 0.15) is 24.7 Å². The third-order valence-electron chi connectivity index (χ3n) is 5.66. The number of ether oxygens (including phenoxy) is 2. The average molecular weight is 406 g/mol. The Kier molecular flexibility index (Phi) is 6.50. The number of nitrogens with one attached hydrogen (secondary N) is 1. The van der Waals surface area contributed by atoms with Crippen LogP contribution < -0.4 is 14.4 Å². The molecule has 1 saturated heterocycles. The van der Waals surface area contributed by atoms with Gasteiger partial charge in [-0.1, -0.05) is 24.8 Å². The van der Waals surface area contributed by atoms with Gasteiger partial charge >= 0.3 is 0 Å². The van der Waals surface area contributed by atoms with Gasteiger partial charge in [0.25, 0.3) is 0 Å². The van der Waals surface area contributed by atoms with Crippen LogP contribution in [0.4, 0.5) is 0 Å². The number of hydrogen-bond donors (Lipinski definition) is 1. The Labute approximate surface area is 178 Å². The van der Waals surface area contributed by atoms with Gasteiger partial charge in [-0.3, -0.25) is 4.79 Å². The van der Waals surface area contributed by atoms with Gasteiger partial charge in [-0.05, 0) is 47.5 Å². The summed E-state index contributed by atoms with van der Waals surface area (Å²) in [7, 11) is 0. The molecule has 2 aliphatic rings. The molecule has 0 saturated carbocycles. The topological polar surface area (TPSA) is 43.2 Å². The highest BCUT2D eigenvalue weighted by molar-refractivity contribution is 5.91. The van der Waals surface area contributed by atoms with E-state index in [0.29, 0.717) is 6.61 Å². The summed E-state index contributed by atoms with van der Waals surface area (Å²) in [6, 6.07) is 14.3. The normalized spacial score (nSPS) is 16.3. The van der Waals surface area contributed by atoms with Crippen molar-refractivity contribution in [1.29, 1.82) is 0 Å². The van der Waals surface area contributed by atoms with Crippen LogP contribution in [0.3, 0.4) is 0 Å². The smallest absolute Gasteiger partial charge is 0.246 e. The zero-order valence-corrected chi connectivity index (χ0v) is 17.3. The van der Waals surface area contributed by atoms with E-state index in [1.807, 2.05) is 35.2 Å². The average Bonchev–Trinajstić information content (AvgIpc) is 3.25. The van der Waals surface area contributed by atoms with Crippen molar-refractivity contribution in [3.05, 3.63) is 77.9 Å². The molecule has 0 bridgehead atoms. The molecule has 2 heterocycles. The molecule has 5 nitrogen and oxygen atoms in total. The van der Waals surface area contributed by atoms with Crippen molar-refractivity contribution in [1.82, 2.24) is 4.90 Å². The lowest BCUT2D eigenvalue weighted by atomic mass is 10.1. The molecule has 0 radical (unpaired) electrons. The SMILES string of the molecule is C=CCOc1ccc(/C=C/C(=O)N2CC[NH+](Cc3ccc4c(c3)CCO4)CC2)cc1. The minimum absolute atomic E-state index is 0.0794. The molecule has 1 fully saturated rings. The molecule has 0 aliphatic carbocycles. The van der Waals surface area contributed by atoms with Gasteiger partial charge < -0.3 is 19.3 Å². The first-order valence-corrected chi connectivity index (χ1v) is 10.6. The second kappa shape index (κ2) is 9.63. The van der Waals surface area contributed by atoms with E-state index in [4.69, 9.17) is 9.47 Å².